The Kier molecular flexibility index (Phi) is 9.42. The van der Waals surface area contributed by atoms with Crippen molar-refractivity contribution in [3.63, 3.8) is 0 Å². The smallest absolute Gasteiger partial charge is 0.338 e. The van der Waals surface area contributed by atoms with E-state index >= 15 is 0 Å². The van der Waals surface area contributed by atoms with Crippen molar-refractivity contribution >= 4 is 39.2 Å². The maximum atomic E-state index is 13.3. The number of rotatable bonds is 11. The molecule has 0 heterocycles. The van der Waals surface area contributed by atoms with Crippen LogP contribution in [0.4, 0.5) is 5.69 Å². The van der Waals surface area contributed by atoms with Gasteiger partial charge in [-0.1, -0.05) is 55.3 Å². The van der Waals surface area contributed by atoms with Crippen LogP contribution in [0.3, 0.4) is 0 Å². The molecule has 0 fully saturated rings. The molecule has 0 unspecified atom stereocenters. The maximum absolute atomic E-state index is 13.3. The molecule has 0 atom stereocenters. The van der Waals surface area contributed by atoms with E-state index in [-0.39, 0.29) is 11.4 Å². The summed E-state index contributed by atoms with van der Waals surface area (Å²) in [4.78, 5) is 24.9. The molecule has 0 aliphatic heterocycles. The molecule has 9 heteroatoms. The molecule has 0 aliphatic carbocycles. The van der Waals surface area contributed by atoms with Crippen LogP contribution in [0.25, 0.3) is 0 Å². The fraction of sp³-hybridized carbons (Fsp3) is 0.231. The van der Waals surface area contributed by atoms with Crippen molar-refractivity contribution < 1.29 is 22.7 Å². The summed E-state index contributed by atoms with van der Waals surface area (Å²) in [5.41, 5.74) is 1.54. The molecule has 3 rings (SSSR count). The molecule has 3 aromatic carbocycles. The lowest BCUT2D eigenvalue weighted by Gasteiger charge is -2.22. The number of nitrogens with one attached hydrogen (secondary N) is 1. The van der Waals surface area contributed by atoms with Crippen LogP contribution < -0.4 is 5.32 Å². The molecule has 0 aliphatic rings. The molecule has 1 N–H and O–H groups in total. The van der Waals surface area contributed by atoms with Crippen LogP contribution in [0, 0.1) is 0 Å². The summed E-state index contributed by atoms with van der Waals surface area (Å²) < 4.78 is 32.9. The van der Waals surface area contributed by atoms with Gasteiger partial charge in [-0.05, 0) is 60.5 Å². The second-order valence-corrected chi connectivity index (χ2v) is 10.2. The van der Waals surface area contributed by atoms with Crippen LogP contribution in [0.2, 0.25) is 5.02 Å². The summed E-state index contributed by atoms with van der Waals surface area (Å²) in [6.07, 6.45) is 1.71. The standard InChI is InChI=1S/C26H27ClN2O5S/c1-2-3-17-34-26(31)21-9-13-23(14-10-21)28-25(30)19-29(18-20-7-5-4-6-8-20)35(32,33)24-15-11-22(27)12-16-24/h4-16H,2-3,17-19H2,1H3,(H,28,30). The number of unbranched alkanes of at least 4 members (excludes halogenated alkanes) is 1. The number of ether oxygens (including phenoxy) is 1. The highest BCUT2D eigenvalue weighted by Crippen LogP contribution is 2.21. The Labute approximate surface area is 210 Å². The second-order valence-electron chi connectivity index (χ2n) is 7.83. The van der Waals surface area contributed by atoms with E-state index in [9.17, 15) is 18.0 Å². The van der Waals surface area contributed by atoms with E-state index in [1.165, 1.54) is 24.3 Å². The molecular weight excluding hydrogens is 488 g/mol. The largest absolute Gasteiger partial charge is 0.462 e. The normalized spacial score (nSPS) is 11.3. The van der Waals surface area contributed by atoms with Crippen molar-refractivity contribution in [3.8, 4) is 0 Å². The highest BCUT2D eigenvalue weighted by molar-refractivity contribution is 7.89. The number of halogens is 1. The first-order chi connectivity index (χ1) is 16.8. The Bertz CT molecular complexity index is 1230. The van der Waals surface area contributed by atoms with E-state index < -0.39 is 28.4 Å². The fourth-order valence-corrected chi connectivity index (χ4v) is 4.72. The van der Waals surface area contributed by atoms with Gasteiger partial charge >= 0.3 is 5.97 Å². The lowest BCUT2D eigenvalue weighted by molar-refractivity contribution is -0.116. The van der Waals surface area contributed by atoms with E-state index in [2.05, 4.69) is 5.32 Å². The van der Waals surface area contributed by atoms with Crippen molar-refractivity contribution in [1.29, 1.82) is 0 Å². The van der Waals surface area contributed by atoms with Gasteiger partial charge in [-0.25, -0.2) is 13.2 Å². The highest BCUT2D eigenvalue weighted by atomic mass is 35.5. The van der Waals surface area contributed by atoms with Gasteiger partial charge in [-0.2, -0.15) is 4.31 Å². The average Bonchev–Trinajstić information content (AvgIpc) is 2.85. The number of nitrogens with zero attached hydrogens (tertiary/aromatic N) is 1. The second kappa shape index (κ2) is 12.5. The first kappa shape index (κ1) is 26.4. The van der Waals surface area contributed by atoms with Crippen LogP contribution in [-0.2, 0) is 26.1 Å². The molecule has 0 spiro atoms. The Balaban J connectivity index is 1.73. The number of amides is 1. The monoisotopic (exact) mass is 514 g/mol. The van der Waals surface area contributed by atoms with Crippen LogP contribution in [0.15, 0.2) is 83.8 Å². The van der Waals surface area contributed by atoms with Crippen molar-refractivity contribution in [1.82, 2.24) is 4.31 Å². The van der Waals surface area contributed by atoms with Gasteiger partial charge in [0, 0.05) is 17.3 Å². The molecule has 7 nitrogen and oxygen atoms in total. The number of carbonyl (C=O) groups is 2. The molecule has 0 bridgehead atoms. The van der Waals surface area contributed by atoms with Crippen molar-refractivity contribution in [2.75, 3.05) is 18.5 Å². The molecule has 0 aromatic heterocycles. The number of benzene rings is 3. The molecule has 0 radical (unpaired) electrons. The number of anilines is 1. The number of esters is 1. The number of hydrogen-bond acceptors (Lipinski definition) is 5. The zero-order valence-electron chi connectivity index (χ0n) is 19.3. The summed E-state index contributed by atoms with van der Waals surface area (Å²) in [5.74, 6) is -0.948. The molecule has 1 amide bonds. The lowest BCUT2D eigenvalue weighted by Crippen LogP contribution is -2.37. The van der Waals surface area contributed by atoms with E-state index in [4.69, 9.17) is 16.3 Å². The first-order valence-corrected chi connectivity index (χ1v) is 13.0. The summed E-state index contributed by atoms with van der Waals surface area (Å²) in [5, 5.41) is 3.10. The van der Waals surface area contributed by atoms with Gasteiger partial charge in [0.1, 0.15) is 0 Å². The van der Waals surface area contributed by atoms with Crippen LogP contribution in [0.1, 0.15) is 35.7 Å². The first-order valence-electron chi connectivity index (χ1n) is 11.2. The van der Waals surface area contributed by atoms with Gasteiger partial charge in [0.05, 0.1) is 23.6 Å². The average molecular weight is 515 g/mol. The molecule has 184 valence electrons. The third-order valence-corrected chi connectivity index (χ3v) is 7.17. The fourth-order valence-electron chi connectivity index (χ4n) is 3.21. The Morgan fingerprint density at radius 3 is 2.23 bits per heavy atom. The minimum atomic E-state index is -3.98. The zero-order valence-corrected chi connectivity index (χ0v) is 20.9. The molecule has 0 saturated heterocycles. The number of hydrogen-bond donors (Lipinski definition) is 1. The Morgan fingerprint density at radius 2 is 1.60 bits per heavy atom. The summed E-state index contributed by atoms with van der Waals surface area (Å²) >= 11 is 5.91. The molecule has 3 aromatic rings. The van der Waals surface area contributed by atoms with Crippen molar-refractivity contribution in [3.05, 3.63) is 95.0 Å². The molecular formula is C26H27ClN2O5S. The summed E-state index contributed by atoms with van der Waals surface area (Å²) in [7, 11) is -3.98. The molecule has 35 heavy (non-hydrogen) atoms. The SMILES string of the molecule is CCCCOC(=O)c1ccc(NC(=O)CN(Cc2ccccc2)S(=O)(=O)c2ccc(Cl)cc2)cc1. The minimum absolute atomic E-state index is 0.0156. The summed E-state index contributed by atoms with van der Waals surface area (Å²) in [6.45, 7) is 1.97. The summed E-state index contributed by atoms with van der Waals surface area (Å²) in [6, 6.07) is 21.1. The van der Waals surface area contributed by atoms with Gasteiger partial charge in [0.15, 0.2) is 0 Å². The quantitative estimate of drug-likeness (QED) is 0.283. The highest BCUT2D eigenvalue weighted by Gasteiger charge is 2.27. The van der Waals surface area contributed by atoms with E-state index in [0.717, 1.165) is 22.7 Å². The van der Waals surface area contributed by atoms with Gasteiger partial charge in [0.25, 0.3) is 0 Å². The van der Waals surface area contributed by atoms with Gasteiger partial charge in [-0.3, -0.25) is 4.79 Å². The van der Waals surface area contributed by atoms with Gasteiger partial charge < -0.3 is 10.1 Å². The number of carbonyl (C=O) groups excluding carboxylic acids is 2. The Morgan fingerprint density at radius 1 is 0.943 bits per heavy atom. The maximum Gasteiger partial charge on any atom is 0.338 e. The lowest BCUT2D eigenvalue weighted by atomic mass is 10.2. The van der Waals surface area contributed by atoms with Crippen molar-refractivity contribution in [2.45, 2.75) is 31.2 Å². The van der Waals surface area contributed by atoms with Crippen LogP contribution >= 0.6 is 11.6 Å². The van der Waals surface area contributed by atoms with Gasteiger partial charge in [0.2, 0.25) is 15.9 Å². The minimum Gasteiger partial charge on any atom is -0.462 e. The molecule has 0 saturated carbocycles. The van der Waals surface area contributed by atoms with Crippen molar-refractivity contribution in [2.24, 2.45) is 0 Å². The van der Waals surface area contributed by atoms with E-state index in [0.29, 0.717) is 22.9 Å². The van der Waals surface area contributed by atoms with Gasteiger partial charge in [-0.15, -0.1) is 0 Å². The Hall–Kier alpha value is -3.20. The third-order valence-electron chi connectivity index (χ3n) is 5.11. The van der Waals surface area contributed by atoms with Crippen LogP contribution in [0.5, 0.6) is 0 Å². The van der Waals surface area contributed by atoms with E-state index in [1.54, 1.807) is 48.5 Å². The third kappa shape index (κ3) is 7.65. The topological polar surface area (TPSA) is 92.8 Å². The predicted octanol–water partition coefficient (Wildman–Crippen LogP) is 5.13. The number of sulfonamides is 1. The zero-order chi connectivity index (χ0) is 25.3. The van der Waals surface area contributed by atoms with E-state index in [1.807, 2.05) is 13.0 Å². The predicted molar refractivity (Wildman–Crippen MR) is 136 cm³/mol. The van der Waals surface area contributed by atoms with Crippen LogP contribution in [-0.4, -0.2) is 37.8 Å².